The Bertz CT molecular complexity index is 419. The van der Waals surface area contributed by atoms with Gasteiger partial charge in [0.05, 0.1) is 12.2 Å². The Morgan fingerprint density at radius 2 is 2.12 bits per heavy atom. The van der Waals surface area contributed by atoms with Crippen molar-refractivity contribution in [3.63, 3.8) is 0 Å². The van der Waals surface area contributed by atoms with Crippen LogP contribution in [-0.4, -0.2) is 23.7 Å². The van der Waals surface area contributed by atoms with Gasteiger partial charge in [0.25, 0.3) is 0 Å². The van der Waals surface area contributed by atoms with E-state index in [0.29, 0.717) is 12.2 Å². The summed E-state index contributed by atoms with van der Waals surface area (Å²) < 4.78 is 5.88. The predicted octanol–water partition coefficient (Wildman–Crippen LogP) is 2.15. The molecule has 2 unspecified atom stereocenters. The number of nitrogens with two attached hydrogens (primary N) is 1. The van der Waals surface area contributed by atoms with Crippen LogP contribution in [0.1, 0.15) is 30.9 Å². The van der Waals surface area contributed by atoms with Gasteiger partial charge in [0.15, 0.2) is 0 Å². The van der Waals surface area contributed by atoms with E-state index in [0.717, 1.165) is 25.3 Å². The molecule has 0 aliphatic carbocycles. The molecule has 2 N–H and O–H groups in total. The van der Waals surface area contributed by atoms with Crippen LogP contribution in [0.3, 0.4) is 0 Å². The molecule has 0 saturated carbocycles. The molecule has 0 spiro atoms. The molecular formula is C14H20N2O. The third-order valence-corrected chi connectivity index (χ3v) is 3.80. The molecular weight excluding hydrogens is 212 g/mol. The second-order valence-electron chi connectivity index (χ2n) is 5.34. The average molecular weight is 232 g/mol. The monoisotopic (exact) mass is 232 g/mol. The summed E-state index contributed by atoms with van der Waals surface area (Å²) in [6.07, 6.45) is 3.28. The highest BCUT2D eigenvalue weighted by Gasteiger charge is 2.26. The van der Waals surface area contributed by atoms with Crippen LogP contribution in [0.4, 0.5) is 5.69 Å². The van der Waals surface area contributed by atoms with Gasteiger partial charge in [-0.3, -0.25) is 4.90 Å². The van der Waals surface area contributed by atoms with E-state index in [1.54, 1.807) is 0 Å². The Hall–Kier alpha value is -1.06. The van der Waals surface area contributed by atoms with Gasteiger partial charge >= 0.3 is 0 Å². The second-order valence-corrected chi connectivity index (χ2v) is 5.34. The molecule has 3 rings (SSSR count). The molecule has 92 valence electrons. The molecule has 0 radical (unpaired) electrons. The summed E-state index contributed by atoms with van der Waals surface area (Å²) in [4.78, 5) is 2.47. The van der Waals surface area contributed by atoms with Crippen molar-refractivity contribution in [2.45, 2.75) is 45.1 Å². The lowest BCUT2D eigenvalue weighted by molar-refractivity contribution is 0.0307. The number of ether oxygens (including phenoxy) is 1. The first-order chi connectivity index (χ1) is 8.20. The summed E-state index contributed by atoms with van der Waals surface area (Å²) in [5.41, 5.74) is 9.49. The first-order valence-corrected chi connectivity index (χ1v) is 6.46. The minimum absolute atomic E-state index is 0.427. The van der Waals surface area contributed by atoms with Gasteiger partial charge in [-0.1, -0.05) is 6.07 Å². The number of nitrogens with zero attached hydrogens (tertiary/aromatic N) is 1. The van der Waals surface area contributed by atoms with Crippen LogP contribution < -0.4 is 5.73 Å². The van der Waals surface area contributed by atoms with Crippen molar-refractivity contribution >= 4 is 5.69 Å². The van der Waals surface area contributed by atoms with Crippen molar-refractivity contribution < 1.29 is 4.74 Å². The minimum atomic E-state index is 0.427. The highest BCUT2D eigenvalue weighted by atomic mass is 16.5. The van der Waals surface area contributed by atoms with Crippen molar-refractivity contribution in [1.29, 1.82) is 0 Å². The fourth-order valence-electron chi connectivity index (χ4n) is 2.92. The van der Waals surface area contributed by atoms with Gasteiger partial charge < -0.3 is 10.5 Å². The standard InChI is InChI=1S/C14H20N2O/c1-10-2-5-14(17-10)9-16-7-11-3-4-13(15)6-12(11)8-16/h3-4,6,10,14H,2,5,7-9,15H2,1H3. The van der Waals surface area contributed by atoms with E-state index in [1.165, 1.54) is 24.0 Å². The summed E-state index contributed by atoms with van der Waals surface area (Å²) in [5, 5.41) is 0. The summed E-state index contributed by atoms with van der Waals surface area (Å²) in [6.45, 7) is 5.29. The van der Waals surface area contributed by atoms with E-state index in [1.807, 2.05) is 6.07 Å². The lowest BCUT2D eigenvalue weighted by atomic mass is 10.1. The van der Waals surface area contributed by atoms with Crippen LogP contribution in [-0.2, 0) is 17.8 Å². The summed E-state index contributed by atoms with van der Waals surface area (Å²) in [7, 11) is 0. The zero-order valence-corrected chi connectivity index (χ0v) is 10.4. The van der Waals surface area contributed by atoms with Crippen molar-refractivity contribution in [2.24, 2.45) is 0 Å². The number of anilines is 1. The Morgan fingerprint density at radius 1 is 1.29 bits per heavy atom. The molecule has 0 amide bonds. The van der Waals surface area contributed by atoms with Crippen LogP contribution in [0.5, 0.6) is 0 Å². The third kappa shape index (κ3) is 2.31. The molecule has 0 aromatic heterocycles. The molecule has 17 heavy (non-hydrogen) atoms. The molecule has 3 heteroatoms. The number of hydrogen-bond donors (Lipinski definition) is 1. The maximum absolute atomic E-state index is 5.88. The summed E-state index contributed by atoms with van der Waals surface area (Å²) in [5.74, 6) is 0. The number of hydrogen-bond acceptors (Lipinski definition) is 3. The highest BCUT2D eigenvalue weighted by Crippen LogP contribution is 2.27. The fourth-order valence-corrected chi connectivity index (χ4v) is 2.92. The minimum Gasteiger partial charge on any atom is -0.399 e. The van der Waals surface area contributed by atoms with Crippen molar-refractivity contribution in [1.82, 2.24) is 4.90 Å². The molecule has 2 heterocycles. The van der Waals surface area contributed by atoms with Crippen molar-refractivity contribution in [3.8, 4) is 0 Å². The number of rotatable bonds is 2. The van der Waals surface area contributed by atoms with Gasteiger partial charge in [-0.25, -0.2) is 0 Å². The maximum atomic E-state index is 5.88. The number of benzene rings is 1. The Balaban J connectivity index is 1.62. The number of nitrogen functional groups attached to an aromatic ring is 1. The molecule has 0 bridgehead atoms. The van der Waals surface area contributed by atoms with Gasteiger partial charge in [-0.15, -0.1) is 0 Å². The van der Waals surface area contributed by atoms with Crippen molar-refractivity contribution in [3.05, 3.63) is 29.3 Å². The molecule has 2 aliphatic rings. The van der Waals surface area contributed by atoms with E-state index < -0.39 is 0 Å². The average Bonchev–Trinajstić information content (AvgIpc) is 2.84. The van der Waals surface area contributed by atoms with E-state index in [2.05, 4.69) is 24.0 Å². The summed E-state index contributed by atoms with van der Waals surface area (Å²) >= 11 is 0. The lowest BCUT2D eigenvalue weighted by Crippen LogP contribution is -2.28. The van der Waals surface area contributed by atoms with E-state index in [9.17, 15) is 0 Å². The third-order valence-electron chi connectivity index (χ3n) is 3.80. The van der Waals surface area contributed by atoms with Gasteiger partial charge in [0.2, 0.25) is 0 Å². The molecule has 2 atom stereocenters. The summed E-state index contributed by atoms with van der Waals surface area (Å²) in [6, 6.07) is 6.26. The highest BCUT2D eigenvalue weighted by molar-refractivity contribution is 5.46. The van der Waals surface area contributed by atoms with Crippen LogP contribution in [0, 0.1) is 0 Å². The molecule has 1 saturated heterocycles. The van der Waals surface area contributed by atoms with Crippen LogP contribution in [0.25, 0.3) is 0 Å². The Labute approximate surface area is 103 Å². The predicted molar refractivity (Wildman–Crippen MR) is 68.5 cm³/mol. The van der Waals surface area contributed by atoms with E-state index in [-0.39, 0.29) is 0 Å². The quantitative estimate of drug-likeness (QED) is 0.794. The first-order valence-electron chi connectivity index (χ1n) is 6.46. The molecule has 1 aromatic carbocycles. The van der Waals surface area contributed by atoms with Crippen LogP contribution >= 0.6 is 0 Å². The molecule has 1 aromatic rings. The smallest absolute Gasteiger partial charge is 0.0706 e. The fraction of sp³-hybridized carbons (Fsp3) is 0.571. The second kappa shape index (κ2) is 4.31. The SMILES string of the molecule is CC1CCC(CN2Cc3ccc(N)cc3C2)O1. The van der Waals surface area contributed by atoms with Crippen LogP contribution in [0.2, 0.25) is 0 Å². The maximum Gasteiger partial charge on any atom is 0.0706 e. The molecule has 3 nitrogen and oxygen atoms in total. The zero-order chi connectivity index (χ0) is 11.8. The topological polar surface area (TPSA) is 38.5 Å². The number of fused-ring (bicyclic) bond motifs is 1. The van der Waals surface area contributed by atoms with Crippen molar-refractivity contribution in [2.75, 3.05) is 12.3 Å². The van der Waals surface area contributed by atoms with E-state index in [4.69, 9.17) is 10.5 Å². The van der Waals surface area contributed by atoms with E-state index >= 15 is 0 Å². The van der Waals surface area contributed by atoms with Gasteiger partial charge in [-0.2, -0.15) is 0 Å². The van der Waals surface area contributed by atoms with Gasteiger partial charge in [0, 0.05) is 25.3 Å². The lowest BCUT2D eigenvalue weighted by Gasteiger charge is -2.19. The van der Waals surface area contributed by atoms with Crippen LogP contribution in [0.15, 0.2) is 18.2 Å². The largest absolute Gasteiger partial charge is 0.399 e. The zero-order valence-electron chi connectivity index (χ0n) is 10.4. The first kappa shape index (κ1) is 11.1. The van der Waals surface area contributed by atoms with Gasteiger partial charge in [-0.05, 0) is 43.0 Å². The molecule has 1 fully saturated rings. The van der Waals surface area contributed by atoms with Gasteiger partial charge in [0.1, 0.15) is 0 Å². The molecule has 2 aliphatic heterocycles. The Kier molecular flexibility index (Phi) is 2.81. The Morgan fingerprint density at radius 3 is 2.88 bits per heavy atom. The normalized spacial score (nSPS) is 28.5.